The molecule has 2 heterocycles. The predicted octanol–water partition coefficient (Wildman–Crippen LogP) is 3.71. The Morgan fingerprint density at radius 2 is 1.79 bits per heavy atom. The molecule has 1 aliphatic heterocycles. The highest BCUT2D eigenvalue weighted by molar-refractivity contribution is 7.12. The Bertz CT molecular complexity index is 877. The molecular formula is C22H26N2O4S. The maximum absolute atomic E-state index is 12.4. The van der Waals surface area contributed by atoms with E-state index in [4.69, 9.17) is 4.74 Å². The van der Waals surface area contributed by atoms with Crippen molar-refractivity contribution in [3.8, 4) is 0 Å². The summed E-state index contributed by atoms with van der Waals surface area (Å²) in [6, 6.07) is 7.66. The number of hydrogen-bond donors (Lipinski definition) is 1. The number of hydrogen-bond acceptors (Lipinski definition) is 5. The Morgan fingerprint density at radius 3 is 2.38 bits per heavy atom. The van der Waals surface area contributed by atoms with Gasteiger partial charge in [0.1, 0.15) is 0 Å². The summed E-state index contributed by atoms with van der Waals surface area (Å²) in [5.74, 6) is -0.993. The highest BCUT2D eigenvalue weighted by atomic mass is 32.1. The minimum atomic E-state index is -0.374. The fraction of sp³-hybridized carbons (Fsp3) is 0.409. The Morgan fingerprint density at radius 1 is 1.14 bits per heavy atom. The summed E-state index contributed by atoms with van der Waals surface area (Å²) in [7, 11) is 0. The second-order valence-corrected chi connectivity index (χ2v) is 8.42. The second kappa shape index (κ2) is 9.22. The Kier molecular flexibility index (Phi) is 6.69. The minimum Gasteiger partial charge on any atom is -0.455 e. The number of esters is 1. The van der Waals surface area contributed by atoms with Crippen molar-refractivity contribution in [1.82, 2.24) is 4.90 Å². The second-order valence-electron chi connectivity index (χ2n) is 7.47. The first kappa shape index (κ1) is 21.0. The Hall–Kier alpha value is -2.67. The maximum atomic E-state index is 12.4. The van der Waals surface area contributed by atoms with Crippen molar-refractivity contribution in [2.75, 3.05) is 25.0 Å². The van der Waals surface area contributed by atoms with Gasteiger partial charge in [-0.2, -0.15) is 0 Å². The molecule has 1 aliphatic rings. The highest BCUT2D eigenvalue weighted by Crippen LogP contribution is 2.23. The molecule has 3 rings (SSSR count). The van der Waals surface area contributed by atoms with Crippen LogP contribution in [0, 0.1) is 26.7 Å². The fourth-order valence-electron chi connectivity index (χ4n) is 3.68. The summed E-state index contributed by atoms with van der Waals surface area (Å²) in [5, 5.41) is 4.71. The molecule has 0 bridgehead atoms. The molecule has 0 spiro atoms. The number of rotatable bonds is 5. The fourth-order valence-corrected chi connectivity index (χ4v) is 4.37. The van der Waals surface area contributed by atoms with Crippen molar-refractivity contribution in [2.45, 2.75) is 33.6 Å². The van der Waals surface area contributed by atoms with E-state index < -0.39 is 0 Å². The van der Waals surface area contributed by atoms with Gasteiger partial charge in [0.15, 0.2) is 6.61 Å². The molecule has 0 saturated carbocycles. The van der Waals surface area contributed by atoms with Gasteiger partial charge in [-0.05, 0) is 56.2 Å². The summed E-state index contributed by atoms with van der Waals surface area (Å²) in [6.45, 7) is 6.61. The van der Waals surface area contributed by atoms with Crippen LogP contribution >= 0.6 is 11.3 Å². The number of nitrogens with zero attached hydrogens (tertiary/aromatic N) is 1. The largest absolute Gasteiger partial charge is 0.455 e. The van der Waals surface area contributed by atoms with Gasteiger partial charge in [-0.1, -0.05) is 23.8 Å². The predicted molar refractivity (Wildman–Crippen MR) is 113 cm³/mol. The number of nitrogens with one attached hydrogen (secondary N) is 1. The van der Waals surface area contributed by atoms with Crippen LogP contribution in [0.25, 0.3) is 0 Å². The average Bonchev–Trinajstić information content (AvgIpc) is 3.23. The van der Waals surface area contributed by atoms with E-state index in [2.05, 4.69) is 5.32 Å². The Labute approximate surface area is 174 Å². The Balaban J connectivity index is 1.45. The lowest BCUT2D eigenvalue weighted by Crippen LogP contribution is -2.40. The SMILES string of the molecule is Cc1cc(C)c(NC(=O)COC(=O)C2CCN(C(=O)c3cccs3)CC2)c(C)c1. The van der Waals surface area contributed by atoms with E-state index in [-0.39, 0.29) is 30.3 Å². The van der Waals surface area contributed by atoms with Crippen LogP contribution < -0.4 is 5.32 Å². The third kappa shape index (κ3) is 5.23. The molecule has 2 amide bonds. The van der Waals surface area contributed by atoms with E-state index in [0.29, 0.717) is 30.8 Å². The average molecular weight is 415 g/mol. The topological polar surface area (TPSA) is 75.7 Å². The zero-order chi connectivity index (χ0) is 21.0. The van der Waals surface area contributed by atoms with Gasteiger partial charge in [0, 0.05) is 18.8 Å². The molecule has 1 fully saturated rings. The number of carbonyl (C=O) groups is 3. The molecule has 154 valence electrons. The molecule has 2 aromatic rings. The van der Waals surface area contributed by atoms with Gasteiger partial charge in [0.2, 0.25) is 0 Å². The summed E-state index contributed by atoms with van der Waals surface area (Å²) >= 11 is 1.42. The number of ether oxygens (including phenoxy) is 1. The van der Waals surface area contributed by atoms with Crippen LogP contribution in [-0.2, 0) is 14.3 Å². The number of thiophene rings is 1. The number of likely N-dealkylation sites (tertiary alicyclic amines) is 1. The van der Waals surface area contributed by atoms with Gasteiger partial charge < -0.3 is 15.0 Å². The number of piperidine rings is 1. The third-order valence-electron chi connectivity index (χ3n) is 5.13. The molecule has 6 nitrogen and oxygen atoms in total. The van der Waals surface area contributed by atoms with Crippen LogP contribution in [0.2, 0.25) is 0 Å². The maximum Gasteiger partial charge on any atom is 0.309 e. The number of amides is 2. The van der Waals surface area contributed by atoms with Crippen LogP contribution in [0.15, 0.2) is 29.6 Å². The highest BCUT2D eigenvalue weighted by Gasteiger charge is 2.29. The molecule has 7 heteroatoms. The van der Waals surface area contributed by atoms with E-state index in [0.717, 1.165) is 22.4 Å². The lowest BCUT2D eigenvalue weighted by Gasteiger charge is -2.30. The monoisotopic (exact) mass is 414 g/mol. The van der Waals surface area contributed by atoms with Gasteiger partial charge in [0.25, 0.3) is 11.8 Å². The van der Waals surface area contributed by atoms with E-state index in [9.17, 15) is 14.4 Å². The normalized spacial score (nSPS) is 14.5. The number of anilines is 1. The molecule has 0 atom stereocenters. The van der Waals surface area contributed by atoms with E-state index in [1.165, 1.54) is 11.3 Å². The van der Waals surface area contributed by atoms with Crippen molar-refractivity contribution < 1.29 is 19.1 Å². The van der Waals surface area contributed by atoms with Crippen molar-refractivity contribution >= 4 is 34.8 Å². The van der Waals surface area contributed by atoms with E-state index in [1.807, 2.05) is 50.4 Å². The van der Waals surface area contributed by atoms with Crippen molar-refractivity contribution in [3.63, 3.8) is 0 Å². The van der Waals surface area contributed by atoms with Crippen molar-refractivity contribution in [3.05, 3.63) is 51.2 Å². The van der Waals surface area contributed by atoms with Crippen molar-refractivity contribution in [1.29, 1.82) is 0 Å². The van der Waals surface area contributed by atoms with Crippen LogP contribution in [0.4, 0.5) is 5.69 Å². The van der Waals surface area contributed by atoms with Crippen LogP contribution in [0.1, 0.15) is 39.2 Å². The van der Waals surface area contributed by atoms with Crippen LogP contribution in [0.3, 0.4) is 0 Å². The van der Waals surface area contributed by atoms with Gasteiger partial charge >= 0.3 is 5.97 Å². The summed E-state index contributed by atoms with van der Waals surface area (Å²) in [6.07, 6.45) is 1.10. The molecule has 0 radical (unpaired) electrons. The number of carbonyl (C=O) groups excluding carboxylic acids is 3. The lowest BCUT2D eigenvalue weighted by atomic mass is 9.97. The third-order valence-corrected chi connectivity index (χ3v) is 5.99. The number of aryl methyl sites for hydroxylation is 3. The molecule has 0 unspecified atom stereocenters. The van der Waals surface area contributed by atoms with Gasteiger partial charge in [-0.25, -0.2) is 0 Å². The first-order valence-electron chi connectivity index (χ1n) is 9.72. The molecular weight excluding hydrogens is 388 g/mol. The minimum absolute atomic E-state index is 0.00929. The standard InChI is InChI=1S/C22H26N2O4S/c1-14-11-15(2)20(16(3)12-14)23-19(25)13-28-22(27)17-6-8-24(9-7-17)21(26)18-5-4-10-29-18/h4-5,10-12,17H,6-9,13H2,1-3H3,(H,23,25). The van der Waals surface area contributed by atoms with Crippen molar-refractivity contribution in [2.24, 2.45) is 5.92 Å². The molecule has 1 aromatic carbocycles. The molecule has 1 saturated heterocycles. The van der Waals surface area contributed by atoms with Gasteiger partial charge in [-0.15, -0.1) is 11.3 Å². The zero-order valence-electron chi connectivity index (χ0n) is 17.0. The molecule has 1 N–H and O–H groups in total. The smallest absolute Gasteiger partial charge is 0.309 e. The lowest BCUT2D eigenvalue weighted by molar-refractivity contribution is -0.152. The quantitative estimate of drug-likeness (QED) is 0.757. The van der Waals surface area contributed by atoms with E-state index >= 15 is 0 Å². The summed E-state index contributed by atoms with van der Waals surface area (Å²) < 4.78 is 5.23. The zero-order valence-corrected chi connectivity index (χ0v) is 17.8. The van der Waals surface area contributed by atoms with Crippen LogP contribution in [-0.4, -0.2) is 42.4 Å². The van der Waals surface area contributed by atoms with Crippen LogP contribution in [0.5, 0.6) is 0 Å². The first-order chi connectivity index (χ1) is 13.8. The summed E-state index contributed by atoms with van der Waals surface area (Å²) in [5.41, 5.74) is 3.85. The van der Waals surface area contributed by atoms with Gasteiger partial charge in [0.05, 0.1) is 10.8 Å². The molecule has 1 aromatic heterocycles. The van der Waals surface area contributed by atoms with E-state index in [1.54, 1.807) is 4.90 Å². The van der Waals surface area contributed by atoms with Gasteiger partial charge in [-0.3, -0.25) is 14.4 Å². The summed E-state index contributed by atoms with van der Waals surface area (Å²) in [4.78, 5) is 39.4. The first-order valence-corrected chi connectivity index (χ1v) is 10.6. The molecule has 0 aliphatic carbocycles. The molecule has 29 heavy (non-hydrogen) atoms. The number of benzene rings is 1.